The number of carboxylic acid groups (broad SMARTS) is 1. The second-order valence-corrected chi connectivity index (χ2v) is 5.77. The van der Waals surface area contributed by atoms with E-state index in [0.29, 0.717) is 6.54 Å². The number of nitrogens with zero attached hydrogens (tertiary/aromatic N) is 1. The number of benzene rings is 1. The van der Waals surface area contributed by atoms with Crippen LogP contribution in [0.2, 0.25) is 0 Å². The van der Waals surface area contributed by atoms with E-state index in [0.717, 1.165) is 5.56 Å². The zero-order chi connectivity index (χ0) is 17.5. The lowest BCUT2D eigenvalue weighted by Gasteiger charge is -2.25. The van der Waals surface area contributed by atoms with Gasteiger partial charge in [-0.25, -0.2) is 4.79 Å². The molecule has 0 bridgehead atoms. The van der Waals surface area contributed by atoms with Crippen molar-refractivity contribution in [2.24, 2.45) is 5.92 Å². The minimum absolute atomic E-state index is 0.0337. The molecule has 0 saturated carbocycles. The third kappa shape index (κ3) is 4.79. The fourth-order valence-corrected chi connectivity index (χ4v) is 2.74. The molecule has 0 aromatic heterocycles. The van der Waals surface area contributed by atoms with E-state index >= 15 is 0 Å². The van der Waals surface area contributed by atoms with Crippen LogP contribution in [0.4, 0.5) is 0 Å². The van der Waals surface area contributed by atoms with Crippen molar-refractivity contribution in [2.75, 3.05) is 26.3 Å². The fraction of sp³-hybridized carbons (Fsp3) is 0.471. The molecule has 0 radical (unpaired) electrons. The number of ether oxygens (including phenoxy) is 1. The standard InChI is InChI=1S/C17H22N2O5/c1-12(13-5-3-2-4-6-13)19-10-14(9-15(19)20)17(23)18-7-8-24-11-16(21)22/h2-6,12,14H,7-11H2,1H3,(H,18,23)(H,21,22). The summed E-state index contributed by atoms with van der Waals surface area (Å²) < 4.78 is 4.85. The van der Waals surface area contributed by atoms with E-state index in [1.165, 1.54) is 0 Å². The first-order chi connectivity index (χ1) is 11.5. The SMILES string of the molecule is CC(c1ccccc1)N1CC(C(=O)NCCOCC(=O)O)CC1=O. The van der Waals surface area contributed by atoms with Crippen LogP contribution in [-0.2, 0) is 19.1 Å². The van der Waals surface area contributed by atoms with Crippen LogP contribution < -0.4 is 5.32 Å². The Morgan fingerprint density at radius 3 is 2.75 bits per heavy atom. The Morgan fingerprint density at radius 1 is 1.38 bits per heavy atom. The largest absolute Gasteiger partial charge is 0.480 e. The molecular formula is C17H22N2O5. The Labute approximate surface area is 140 Å². The van der Waals surface area contributed by atoms with E-state index in [9.17, 15) is 14.4 Å². The zero-order valence-corrected chi connectivity index (χ0v) is 13.6. The molecule has 0 aliphatic carbocycles. The maximum atomic E-state index is 12.2. The van der Waals surface area contributed by atoms with Crippen LogP contribution in [0, 0.1) is 5.92 Å². The van der Waals surface area contributed by atoms with E-state index in [-0.39, 0.29) is 50.0 Å². The lowest BCUT2D eigenvalue weighted by atomic mass is 10.1. The summed E-state index contributed by atoms with van der Waals surface area (Å²) >= 11 is 0. The van der Waals surface area contributed by atoms with Crippen molar-refractivity contribution < 1.29 is 24.2 Å². The van der Waals surface area contributed by atoms with Gasteiger partial charge in [0.1, 0.15) is 6.61 Å². The van der Waals surface area contributed by atoms with Gasteiger partial charge in [0.2, 0.25) is 11.8 Å². The summed E-state index contributed by atoms with van der Waals surface area (Å²) in [6.07, 6.45) is 0.193. The van der Waals surface area contributed by atoms with Gasteiger partial charge in [-0.2, -0.15) is 0 Å². The Kier molecular flexibility index (Phi) is 6.31. The van der Waals surface area contributed by atoms with Crippen LogP contribution in [-0.4, -0.2) is 54.1 Å². The fourth-order valence-electron chi connectivity index (χ4n) is 2.74. The number of hydrogen-bond donors (Lipinski definition) is 2. The van der Waals surface area contributed by atoms with Crippen LogP contribution >= 0.6 is 0 Å². The molecule has 1 aromatic carbocycles. The third-order valence-electron chi connectivity index (χ3n) is 4.05. The molecule has 1 aliphatic rings. The van der Waals surface area contributed by atoms with E-state index in [1.807, 2.05) is 37.3 Å². The van der Waals surface area contributed by atoms with Crippen molar-refractivity contribution in [1.82, 2.24) is 10.2 Å². The molecule has 1 aromatic rings. The first-order valence-corrected chi connectivity index (χ1v) is 7.90. The van der Waals surface area contributed by atoms with Crippen molar-refractivity contribution in [3.05, 3.63) is 35.9 Å². The van der Waals surface area contributed by atoms with Crippen LogP contribution in [0.5, 0.6) is 0 Å². The number of carbonyl (C=O) groups excluding carboxylic acids is 2. The van der Waals surface area contributed by atoms with Gasteiger partial charge in [-0.15, -0.1) is 0 Å². The van der Waals surface area contributed by atoms with Gasteiger partial charge in [0, 0.05) is 19.5 Å². The maximum Gasteiger partial charge on any atom is 0.329 e. The number of rotatable bonds is 8. The van der Waals surface area contributed by atoms with Crippen LogP contribution in [0.3, 0.4) is 0 Å². The molecule has 2 N–H and O–H groups in total. The predicted octanol–water partition coefficient (Wildman–Crippen LogP) is 0.813. The highest BCUT2D eigenvalue weighted by molar-refractivity contribution is 5.89. The van der Waals surface area contributed by atoms with Crippen LogP contribution in [0.25, 0.3) is 0 Å². The molecule has 1 fully saturated rings. The quantitative estimate of drug-likeness (QED) is 0.686. The van der Waals surface area contributed by atoms with E-state index in [2.05, 4.69) is 5.32 Å². The van der Waals surface area contributed by atoms with Gasteiger partial charge in [0.15, 0.2) is 0 Å². The highest BCUT2D eigenvalue weighted by Crippen LogP contribution is 2.28. The van der Waals surface area contributed by atoms with Gasteiger partial charge in [-0.1, -0.05) is 30.3 Å². The number of amides is 2. The predicted molar refractivity (Wildman–Crippen MR) is 86.1 cm³/mol. The monoisotopic (exact) mass is 334 g/mol. The first kappa shape index (κ1) is 17.9. The normalized spacial score (nSPS) is 18.5. The molecule has 2 atom stereocenters. The van der Waals surface area contributed by atoms with E-state index in [4.69, 9.17) is 9.84 Å². The third-order valence-corrected chi connectivity index (χ3v) is 4.05. The Bertz CT molecular complexity index is 590. The molecule has 2 amide bonds. The summed E-state index contributed by atoms with van der Waals surface area (Å²) in [7, 11) is 0. The van der Waals surface area contributed by atoms with Crippen LogP contribution in [0.15, 0.2) is 30.3 Å². The Morgan fingerprint density at radius 2 is 2.08 bits per heavy atom. The number of aliphatic carboxylic acids is 1. The Hall–Kier alpha value is -2.41. The van der Waals surface area contributed by atoms with Crippen molar-refractivity contribution in [1.29, 1.82) is 0 Å². The molecule has 2 rings (SSSR count). The molecule has 130 valence electrons. The van der Waals surface area contributed by atoms with Gasteiger partial charge in [0.05, 0.1) is 18.6 Å². The molecular weight excluding hydrogens is 312 g/mol. The lowest BCUT2D eigenvalue weighted by Crippen LogP contribution is -2.35. The molecule has 7 heteroatoms. The first-order valence-electron chi connectivity index (χ1n) is 7.90. The van der Waals surface area contributed by atoms with Crippen molar-refractivity contribution in [3.8, 4) is 0 Å². The minimum atomic E-state index is -1.05. The van der Waals surface area contributed by atoms with E-state index < -0.39 is 5.97 Å². The van der Waals surface area contributed by atoms with Gasteiger partial charge in [-0.05, 0) is 12.5 Å². The summed E-state index contributed by atoms with van der Waals surface area (Å²) in [4.78, 5) is 36.4. The smallest absolute Gasteiger partial charge is 0.329 e. The summed E-state index contributed by atoms with van der Waals surface area (Å²) in [5.41, 5.74) is 1.04. The number of nitrogens with one attached hydrogen (secondary N) is 1. The second-order valence-electron chi connectivity index (χ2n) is 5.77. The maximum absolute atomic E-state index is 12.2. The number of hydrogen-bond acceptors (Lipinski definition) is 4. The topological polar surface area (TPSA) is 95.9 Å². The highest BCUT2D eigenvalue weighted by atomic mass is 16.5. The van der Waals surface area contributed by atoms with Crippen LogP contribution in [0.1, 0.15) is 24.9 Å². The zero-order valence-electron chi connectivity index (χ0n) is 13.6. The molecule has 24 heavy (non-hydrogen) atoms. The average molecular weight is 334 g/mol. The van der Waals surface area contributed by atoms with Crippen molar-refractivity contribution in [2.45, 2.75) is 19.4 Å². The lowest BCUT2D eigenvalue weighted by molar-refractivity contribution is -0.142. The van der Waals surface area contributed by atoms with Gasteiger partial charge in [0.25, 0.3) is 0 Å². The molecule has 1 heterocycles. The minimum Gasteiger partial charge on any atom is -0.480 e. The number of likely N-dealkylation sites (tertiary alicyclic amines) is 1. The van der Waals surface area contributed by atoms with Gasteiger partial charge in [-0.3, -0.25) is 9.59 Å². The van der Waals surface area contributed by atoms with Crippen molar-refractivity contribution in [3.63, 3.8) is 0 Å². The summed E-state index contributed by atoms with van der Waals surface area (Å²) in [5.74, 6) is -1.67. The number of carboxylic acids is 1. The summed E-state index contributed by atoms with van der Waals surface area (Å²) in [5, 5.41) is 11.1. The van der Waals surface area contributed by atoms with Gasteiger partial charge >= 0.3 is 5.97 Å². The van der Waals surface area contributed by atoms with Gasteiger partial charge < -0.3 is 20.1 Å². The summed E-state index contributed by atoms with van der Waals surface area (Å²) in [6, 6.07) is 9.62. The summed E-state index contributed by atoms with van der Waals surface area (Å²) in [6.45, 7) is 2.30. The van der Waals surface area contributed by atoms with E-state index in [1.54, 1.807) is 4.90 Å². The second kappa shape index (κ2) is 8.44. The molecule has 7 nitrogen and oxygen atoms in total. The number of carbonyl (C=O) groups is 3. The molecule has 2 unspecified atom stereocenters. The van der Waals surface area contributed by atoms with Crippen molar-refractivity contribution >= 4 is 17.8 Å². The highest BCUT2D eigenvalue weighted by Gasteiger charge is 2.36. The average Bonchev–Trinajstić information content (AvgIpc) is 2.96. The molecule has 0 spiro atoms. The Balaban J connectivity index is 1.81. The molecule has 1 saturated heterocycles. The molecule has 1 aliphatic heterocycles.